The molecule has 0 saturated heterocycles. The van der Waals surface area contributed by atoms with Crippen molar-refractivity contribution in [1.82, 2.24) is 4.90 Å². The first-order valence-electron chi connectivity index (χ1n) is 6.86. The van der Waals surface area contributed by atoms with Crippen LogP contribution in [0.15, 0.2) is 18.2 Å². The molecule has 0 N–H and O–H groups in total. The molecule has 2 rings (SSSR count). The van der Waals surface area contributed by atoms with Crippen LogP contribution in [0.5, 0.6) is 0 Å². The minimum absolute atomic E-state index is 0.224. The van der Waals surface area contributed by atoms with E-state index in [4.69, 9.17) is 4.74 Å². The largest absolute Gasteiger partial charge is 0.444 e. The Morgan fingerprint density at radius 2 is 1.95 bits per heavy atom. The molecule has 1 aliphatic heterocycles. The van der Waals surface area contributed by atoms with E-state index in [1.807, 2.05) is 20.8 Å². The van der Waals surface area contributed by atoms with E-state index in [9.17, 15) is 4.79 Å². The first-order chi connectivity index (χ1) is 8.78. The van der Waals surface area contributed by atoms with Crippen LogP contribution in [0.2, 0.25) is 0 Å². The molecular weight excluding hydrogens is 238 g/mol. The number of carbonyl (C=O) groups is 1. The third-order valence-corrected chi connectivity index (χ3v) is 3.29. The molecule has 1 heterocycles. The third kappa shape index (κ3) is 3.09. The maximum Gasteiger partial charge on any atom is 0.410 e. The Labute approximate surface area is 115 Å². The summed E-state index contributed by atoms with van der Waals surface area (Å²) in [5.41, 5.74) is 3.44. The lowest BCUT2D eigenvalue weighted by Crippen LogP contribution is -2.33. The van der Waals surface area contributed by atoms with E-state index in [2.05, 4.69) is 32.0 Å². The molecule has 1 aliphatic rings. The molecule has 104 valence electrons. The van der Waals surface area contributed by atoms with Gasteiger partial charge in [0.25, 0.3) is 0 Å². The van der Waals surface area contributed by atoms with Gasteiger partial charge in [0.1, 0.15) is 5.60 Å². The van der Waals surface area contributed by atoms with Crippen LogP contribution >= 0.6 is 0 Å². The monoisotopic (exact) mass is 261 g/mol. The number of hydrogen-bond donors (Lipinski definition) is 0. The first kappa shape index (κ1) is 13.9. The lowest BCUT2D eigenvalue weighted by atomic mass is 9.95. The molecule has 1 aromatic carbocycles. The molecule has 0 saturated carbocycles. The van der Waals surface area contributed by atoms with Gasteiger partial charge in [0.05, 0.1) is 0 Å². The van der Waals surface area contributed by atoms with Crippen molar-refractivity contribution in [3.05, 3.63) is 34.9 Å². The fourth-order valence-corrected chi connectivity index (χ4v) is 2.44. The molecule has 0 fully saturated rings. The van der Waals surface area contributed by atoms with Gasteiger partial charge in [0, 0.05) is 13.1 Å². The molecule has 1 aromatic rings. The van der Waals surface area contributed by atoms with Crippen LogP contribution in [0, 0.1) is 0 Å². The molecular formula is C16H23NO2. The number of nitrogens with zero attached hydrogens (tertiary/aromatic N) is 1. The summed E-state index contributed by atoms with van der Waals surface area (Å²) in [6.07, 6.45) is -0.224. The maximum absolute atomic E-state index is 12.1. The summed E-state index contributed by atoms with van der Waals surface area (Å²) in [7, 11) is 0. The van der Waals surface area contributed by atoms with Crippen molar-refractivity contribution in [3.63, 3.8) is 0 Å². The summed E-state index contributed by atoms with van der Waals surface area (Å²) in [5, 5.41) is 0. The van der Waals surface area contributed by atoms with Crippen molar-refractivity contribution in [3.8, 4) is 0 Å². The van der Waals surface area contributed by atoms with E-state index in [-0.39, 0.29) is 6.09 Å². The molecule has 1 amide bonds. The number of ether oxygens (including phenoxy) is 1. The van der Waals surface area contributed by atoms with Gasteiger partial charge >= 0.3 is 6.09 Å². The summed E-state index contributed by atoms with van der Waals surface area (Å²) in [6, 6.07) is 6.33. The number of hydrogen-bond acceptors (Lipinski definition) is 2. The van der Waals surface area contributed by atoms with Gasteiger partial charge in [-0.05, 0) is 43.4 Å². The van der Waals surface area contributed by atoms with Gasteiger partial charge in [0.2, 0.25) is 0 Å². The van der Waals surface area contributed by atoms with Gasteiger partial charge in [-0.3, -0.25) is 4.90 Å². The SMILES string of the molecule is CC(C)c1cccc2c1CN(C(=O)OC(C)(C)C)C2. The fraction of sp³-hybridized carbons (Fsp3) is 0.562. The highest BCUT2D eigenvalue weighted by Gasteiger charge is 2.29. The predicted molar refractivity (Wildman–Crippen MR) is 76.0 cm³/mol. The van der Waals surface area contributed by atoms with Gasteiger partial charge in [-0.15, -0.1) is 0 Å². The second-order valence-corrected chi connectivity index (χ2v) is 6.48. The van der Waals surface area contributed by atoms with E-state index < -0.39 is 5.60 Å². The average Bonchev–Trinajstić information content (AvgIpc) is 2.69. The van der Waals surface area contributed by atoms with E-state index in [0.29, 0.717) is 19.0 Å². The minimum atomic E-state index is -0.438. The summed E-state index contributed by atoms with van der Waals surface area (Å²) in [6.45, 7) is 11.4. The number of amides is 1. The van der Waals surface area contributed by atoms with Gasteiger partial charge in [-0.2, -0.15) is 0 Å². The molecule has 0 spiro atoms. The molecule has 3 nitrogen and oxygen atoms in total. The first-order valence-corrected chi connectivity index (χ1v) is 6.86. The van der Waals surface area contributed by atoms with Gasteiger partial charge in [-0.1, -0.05) is 32.0 Å². The van der Waals surface area contributed by atoms with Crippen molar-refractivity contribution in [2.45, 2.75) is 59.2 Å². The van der Waals surface area contributed by atoms with E-state index in [0.717, 1.165) is 0 Å². The Kier molecular flexibility index (Phi) is 3.57. The minimum Gasteiger partial charge on any atom is -0.444 e. The molecule has 3 heteroatoms. The molecule has 0 radical (unpaired) electrons. The molecule has 0 unspecified atom stereocenters. The normalized spacial score (nSPS) is 14.7. The highest BCUT2D eigenvalue weighted by Crippen LogP contribution is 2.31. The number of rotatable bonds is 1. The number of benzene rings is 1. The van der Waals surface area contributed by atoms with Crippen LogP contribution in [0.4, 0.5) is 4.79 Å². The summed E-state index contributed by atoms with van der Waals surface area (Å²) in [5.74, 6) is 0.480. The Morgan fingerprint density at radius 3 is 2.53 bits per heavy atom. The zero-order chi connectivity index (χ0) is 14.2. The Bertz CT molecular complexity index is 486. The van der Waals surface area contributed by atoms with Crippen molar-refractivity contribution in [1.29, 1.82) is 0 Å². The second kappa shape index (κ2) is 4.87. The van der Waals surface area contributed by atoms with Crippen molar-refractivity contribution < 1.29 is 9.53 Å². The fourth-order valence-electron chi connectivity index (χ4n) is 2.44. The highest BCUT2D eigenvalue weighted by atomic mass is 16.6. The molecule has 0 atom stereocenters. The van der Waals surface area contributed by atoms with Gasteiger partial charge < -0.3 is 4.74 Å². The van der Waals surface area contributed by atoms with Crippen molar-refractivity contribution in [2.24, 2.45) is 0 Å². The van der Waals surface area contributed by atoms with E-state index >= 15 is 0 Å². The van der Waals surface area contributed by atoms with E-state index in [1.54, 1.807) is 4.90 Å². The number of carbonyl (C=O) groups excluding carboxylic acids is 1. The van der Waals surface area contributed by atoms with Crippen LogP contribution in [-0.4, -0.2) is 16.6 Å². The third-order valence-electron chi connectivity index (χ3n) is 3.29. The zero-order valence-electron chi connectivity index (χ0n) is 12.5. The molecule has 0 aliphatic carbocycles. The second-order valence-electron chi connectivity index (χ2n) is 6.48. The summed E-state index contributed by atoms with van der Waals surface area (Å²) < 4.78 is 5.44. The van der Waals surface area contributed by atoms with Crippen LogP contribution in [-0.2, 0) is 17.8 Å². The lowest BCUT2D eigenvalue weighted by Gasteiger charge is -2.24. The van der Waals surface area contributed by atoms with Crippen molar-refractivity contribution in [2.75, 3.05) is 0 Å². The Hall–Kier alpha value is -1.51. The van der Waals surface area contributed by atoms with Crippen LogP contribution in [0.3, 0.4) is 0 Å². The van der Waals surface area contributed by atoms with Crippen LogP contribution in [0.25, 0.3) is 0 Å². The summed E-state index contributed by atoms with van der Waals surface area (Å²) in [4.78, 5) is 13.9. The van der Waals surface area contributed by atoms with Crippen molar-refractivity contribution >= 4 is 6.09 Å². The maximum atomic E-state index is 12.1. The van der Waals surface area contributed by atoms with Crippen LogP contribution in [0.1, 0.15) is 57.2 Å². The quantitative estimate of drug-likeness (QED) is 0.763. The average molecular weight is 261 g/mol. The lowest BCUT2D eigenvalue weighted by molar-refractivity contribution is 0.0241. The Balaban J connectivity index is 2.16. The molecule has 0 bridgehead atoms. The van der Waals surface area contributed by atoms with Gasteiger partial charge in [0.15, 0.2) is 0 Å². The van der Waals surface area contributed by atoms with Crippen LogP contribution < -0.4 is 0 Å². The summed E-state index contributed by atoms with van der Waals surface area (Å²) >= 11 is 0. The standard InChI is InChI=1S/C16H23NO2/c1-11(2)13-8-6-7-12-9-17(10-14(12)13)15(18)19-16(3,4)5/h6-8,11H,9-10H2,1-5H3. The molecule has 0 aromatic heterocycles. The smallest absolute Gasteiger partial charge is 0.410 e. The number of fused-ring (bicyclic) bond motifs is 1. The van der Waals surface area contributed by atoms with Gasteiger partial charge in [-0.25, -0.2) is 4.79 Å². The predicted octanol–water partition coefficient (Wildman–Crippen LogP) is 4.06. The highest BCUT2D eigenvalue weighted by molar-refractivity contribution is 5.69. The molecule has 19 heavy (non-hydrogen) atoms. The van der Waals surface area contributed by atoms with E-state index in [1.165, 1.54) is 16.7 Å². The zero-order valence-corrected chi connectivity index (χ0v) is 12.5. The Morgan fingerprint density at radius 1 is 1.26 bits per heavy atom. The topological polar surface area (TPSA) is 29.5 Å².